The van der Waals surface area contributed by atoms with Gasteiger partial charge in [-0.3, -0.25) is 4.90 Å². The van der Waals surface area contributed by atoms with Crippen LogP contribution in [0, 0.1) is 6.92 Å². The lowest BCUT2D eigenvalue weighted by atomic mass is 10.0. The summed E-state index contributed by atoms with van der Waals surface area (Å²) in [6, 6.07) is 6.94. The number of likely N-dealkylation sites (N-methyl/N-ethyl adjacent to an activating group) is 1. The van der Waals surface area contributed by atoms with Gasteiger partial charge in [0.05, 0.1) is 0 Å². The Morgan fingerprint density at radius 1 is 1.32 bits per heavy atom. The predicted octanol–water partition coefficient (Wildman–Crippen LogP) is 2.49. The zero-order chi connectivity index (χ0) is 13.8. The van der Waals surface area contributed by atoms with Gasteiger partial charge < -0.3 is 10.6 Å². The molecule has 0 spiro atoms. The smallest absolute Gasteiger partial charge is 0.0346 e. The third kappa shape index (κ3) is 3.48. The first-order valence-electron chi connectivity index (χ1n) is 7.38. The number of nitrogens with zero attached hydrogens (tertiary/aromatic N) is 2. The van der Waals surface area contributed by atoms with Gasteiger partial charge in [-0.05, 0) is 50.6 Å². The van der Waals surface area contributed by atoms with Crippen molar-refractivity contribution in [1.82, 2.24) is 9.80 Å². The summed E-state index contributed by atoms with van der Waals surface area (Å²) in [7, 11) is 2.23. The van der Waals surface area contributed by atoms with E-state index in [0.717, 1.165) is 12.2 Å². The van der Waals surface area contributed by atoms with E-state index in [-0.39, 0.29) is 0 Å². The number of nitrogens with two attached hydrogens (primary N) is 1. The molecule has 1 aliphatic rings. The monoisotopic (exact) mass is 261 g/mol. The van der Waals surface area contributed by atoms with Gasteiger partial charge in [-0.2, -0.15) is 0 Å². The SMILES string of the molecule is CCC1CN(C)CCCN1Cc1cccc(N)c1C. The van der Waals surface area contributed by atoms with E-state index in [0.29, 0.717) is 6.04 Å². The van der Waals surface area contributed by atoms with Crippen molar-refractivity contribution in [3.05, 3.63) is 29.3 Å². The molecule has 0 aliphatic carbocycles. The van der Waals surface area contributed by atoms with Crippen LogP contribution >= 0.6 is 0 Å². The highest BCUT2D eigenvalue weighted by Crippen LogP contribution is 2.20. The molecule has 0 amide bonds. The van der Waals surface area contributed by atoms with Crippen molar-refractivity contribution in [2.75, 3.05) is 32.4 Å². The van der Waals surface area contributed by atoms with Gasteiger partial charge >= 0.3 is 0 Å². The van der Waals surface area contributed by atoms with Gasteiger partial charge in [0.15, 0.2) is 0 Å². The van der Waals surface area contributed by atoms with Crippen LogP contribution in [0.15, 0.2) is 18.2 Å². The van der Waals surface area contributed by atoms with Gasteiger partial charge in [-0.15, -0.1) is 0 Å². The molecule has 1 heterocycles. The Balaban J connectivity index is 2.13. The molecule has 2 rings (SSSR count). The molecular weight excluding hydrogens is 234 g/mol. The highest BCUT2D eigenvalue weighted by molar-refractivity contribution is 5.49. The van der Waals surface area contributed by atoms with Crippen LogP contribution in [0.3, 0.4) is 0 Å². The molecule has 1 aliphatic heterocycles. The minimum atomic E-state index is 0.660. The van der Waals surface area contributed by atoms with Gasteiger partial charge in [-0.1, -0.05) is 19.1 Å². The average Bonchev–Trinajstić information content (AvgIpc) is 2.57. The van der Waals surface area contributed by atoms with Crippen molar-refractivity contribution in [1.29, 1.82) is 0 Å². The van der Waals surface area contributed by atoms with Crippen LogP contribution in [0.5, 0.6) is 0 Å². The highest BCUT2D eigenvalue weighted by Gasteiger charge is 2.22. The minimum absolute atomic E-state index is 0.660. The first-order chi connectivity index (χ1) is 9.11. The summed E-state index contributed by atoms with van der Waals surface area (Å²) in [5.74, 6) is 0. The summed E-state index contributed by atoms with van der Waals surface area (Å²) in [6.45, 7) is 9.04. The molecule has 3 nitrogen and oxygen atoms in total. The zero-order valence-corrected chi connectivity index (χ0v) is 12.5. The molecule has 3 heteroatoms. The summed E-state index contributed by atoms with van der Waals surface area (Å²) in [4.78, 5) is 5.09. The lowest BCUT2D eigenvalue weighted by Gasteiger charge is -2.30. The summed E-state index contributed by atoms with van der Waals surface area (Å²) in [5, 5.41) is 0. The van der Waals surface area contributed by atoms with E-state index < -0.39 is 0 Å². The third-order valence-electron chi connectivity index (χ3n) is 4.36. The molecule has 1 unspecified atom stereocenters. The van der Waals surface area contributed by atoms with E-state index in [4.69, 9.17) is 5.73 Å². The maximum Gasteiger partial charge on any atom is 0.0346 e. The molecule has 1 atom stereocenters. The van der Waals surface area contributed by atoms with Gasteiger partial charge in [0.1, 0.15) is 0 Å². The second kappa shape index (κ2) is 6.40. The number of benzene rings is 1. The van der Waals surface area contributed by atoms with Crippen molar-refractivity contribution in [3.8, 4) is 0 Å². The summed E-state index contributed by atoms with van der Waals surface area (Å²) < 4.78 is 0. The Hall–Kier alpha value is -1.06. The normalized spacial score (nSPS) is 22.4. The maximum absolute atomic E-state index is 6.02. The molecule has 1 saturated heterocycles. The van der Waals surface area contributed by atoms with E-state index in [9.17, 15) is 0 Å². The summed E-state index contributed by atoms with van der Waals surface area (Å²) >= 11 is 0. The van der Waals surface area contributed by atoms with E-state index in [1.165, 1.54) is 43.6 Å². The highest BCUT2D eigenvalue weighted by atomic mass is 15.2. The third-order valence-corrected chi connectivity index (χ3v) is 4.36. The first kappa shape index (κ1) is 14.4. The molecule has 1 fully saturated rings. The predicted molar refractivity (Wildman–Crippen MR) is 82.2 cm³/mol. The second-order valence-electron chi connectivity index (χ2n) is 5.78. The number of rotatable bonds is 3. The summed E-state index contributed by atoms with van der Waals surface area (Å²) in [5.41, 5.74) is 9.56. The van der Waals surface area contributed by atoms with Crippen LogP contribution in [0.25, 0.3) is 0 Å². The van der Waals surface area contributed by atoms with Crippen LogP contribution in [0.1, 0.15) is 30.9 Å². The number of nitrogen functional groups attached to an aromatic ring is 1. The molecule has 0 saturated carbocycles. The van der Waals surface area contributed by atoms with Crippen LogP contribution < -0.4 is 5.73 Å². The Bertz CT molecular complexity index is 416. The van der Waals surface area contributed by atoms with Crippen molar-refractivity contribution >= 4 is 5.69 Å². The average molecular weight is 261 g/mol. The number of anilines is 1. The fourth-order valence-corrected chi connectivity index (χ4v) is 2.98. The van der Waals surface area contributed by atoms with Crippen LogP contribution in [0.2, 0.25) is 0 Å². The molecule has 1 aromatic rings. The van der Waals surface area contributed by atoms with Gasteiger partial charge in [-0.25, -0.2) is 0 Å². The molecule has 0 radical (unpaired) electrons. The van der Waals surface area contributed by atoms with Crippen LogP contribution in [-0.2, 0) is 6.54 Å². The Labute approximate surface area is 117 Å². The van der Waals surface area contributed by atoms with Crippen molar-refractivity contribution < 1.29 is 0 Å². The number of hydrogen-bond acceptors (Lipinski definition) is 3. The molecule has 19 heavy (non-hydrogen) atoms. The lowest BCUT2D eigenvalue weighted by molar-refractivity contribution is 0.175. The standard InChI is InChI=1S/C16H27N3/c1-4-15-12-18(3)9-6-10-19(15)11-14-7-5-8-16(17)13(14)2/h5,7-8,15H,4,6,9-12,17H2,1-3H3. The molecule has 106 valence electrons. The van der Waals surface area contributed by atoms with Crippen LogP contribution in [0.4, 0.5) is 5.69 Å². The van der Waals surface area contributed by atoms with Crippen molar-refractivity contribution in [2.24, 2.45) is 0 Å². The van der Waals surface area contributed by atoms with Crippen molar-refractivity contribution in [2.45, 2.75) is 39.3 Å². The van der Waals surface area contributed by atoms with Gasteiger partial charge in [0.2, 0.25) is 0 Å². The molecular formula is C16H27N3. The zero-order valence-electron chi connectivity index (χ0n) is 12.5. The van der Waals surface area contributed by atoms with E-state index >= 15 is 0 Å². The maximum atomic E-state index is 6.02. The quantitative estimate of drug-likeness (QED) is 0.849. The minimum Gasteiger partial charge on any atom is -0.399 e. The summed E-state index contributed by atoms with van der Waals surface area (Å²) in [6.07, 6.45) is 2.47. The van der Waals surface area contributed by atoms with E-state index in [1.807, 2.05) is 6.07 Å². The fraction of sp³-hybridized carbons (Fsp3) is 0.625. The fourth-order valence-electron chi connectivity index (χ4n) is 2.98. The molecule has 1 aromatic carbocycles. The topological polar surface area (TPSA) is 32.5 Å². The van der Waals surface area contributed by atoms with Gasteiger partial charge in [0, 0.05) is 31.4 Å². The Kier molecular flexibility index (Phi) is 4.83. The molecule has 0 aromatic heterocycles. The van der Waals surface area contributed by atoms with E-state index in [1.54, 1.807) is 0 Å². The Morgan fingerprint density at radius 2 is 2.11 bits per heavy atom. The molecule has 0 bridgehead atoms. The van der Waals surface area contributed by atoms with Crippen LogP contribution in [-0.4, -0.2) is 42.5 Å². The largest absolute Gasteiger partial charge is 0.399 e. The van der Waals surface area contributed by atoms with E-state index in [2.05, 4.69) is 42.8 Å². The van der Waals surface area contributed by atoms with Gasteiger partial charge in [0.25, 0.3) is 0 Å². The number of hydrogen-bond donors (Lipinski definition) is 1. The lowest BCUT2D eigenvalue weighted by Crippen LogP contribution is -2.39. The first-order valence-corrected chi connectivity index (χ1v) is 7.38. The Morgan fingerprint density at radius 3 is 2.84 bits per heavy atom. The van der Waals surface area contributed by atoms with Crippen molar-refractivity contribution in [3.63, 3.8) is 0 Å². The molecule has 2 N–H and O–H groups in total. The second-order valence-corrected chi connectivity index (χ2v) is 5.78.